The number of rotatable bonds is 6. The molecule has 0 aliphatic carbocycles. The predicted octanol–water partition coefficient (Wildman–Crippen LogP) is 3.32. The molecule has 8 nitrogen and oxygen atoms in total. The molecule has 0 radical (unpaired) electrons. The minimum atomic E-state index is -0.0148. The van der Waals surface area contributed by atoms with Gasteiger partial charge in [-0.1, -0.05) is 0 Å². The van der Waals surface area contributed by atoms with Crippen LogP contribution in [0.4, 0.5) is 0 Å². The number of Topliss-reactive ketones (excluding diaryl/α,β-unsaturated/α-hetero) is 1. The lowest BCUT2D eigenvalue weighted by Gasteiger charge is -2.28. The summed E-state index contributed by atoms with van der Waals surface area (Å²) < 4.78 is 7.79. The van der Waals surface area contributed by atoms with Crippen molar-refractivity contribution >= 4 is 16.6 Å². The number of carbonyl (C=O) groups excluding carboxylic acids is 1. The molecule has 4 aromatic heterocycles. The van der Waals surface area contributed by atoms with Gasteiger partial charge in [0.2, 0.25) is 5.88 Å². The number of hydrogen-bond donors (Lipinski definition) is 0. The number of fused-ring (bicyclic) bond motifs is 1. The summed E-state index contributed by atoms with van der Waals surface area (Å²) in [5.41, 5.74) is 3.08. The van der Waals surface area contributed by atoms with Crippen LogP contribution in [0.3, 0.4) is 0 Å². The van der Waals surface area contributed by atoms with Crippen LogP contribution in [0.5, 0.6) is 5.88 Å². The first-order valence-electron chi connectivity index (χ1n) is 11.1. The summed E-state index contributed by atoms with van der Waals surface area (Å²) in [6, 6.07) is 7.43. The van der Waals surface area contributed by atoms with Gasteiger partial charge in [0.25, 0.3) is 0 Å². The van der Waals surface area contributed by atoms with Gasteiger partial charge >= 0.3 is 0 Å². The van der Waals surface area contributed by atoms with E-state index in [4.69, 9.17) is 4.74 Å². The zero-order valence-electron chi connectivity index (χ0n) is 18.8. The number of aryl methyl sites for hydroxylation is 1. The van der Waals surface area contributed by atoms with Gasteiger partial charge in [0.15, 0.2) is 5.78 Å². The molecular formula is C25H26N6O2. The van der Waals surface area contributed by atoms with Crippen molar-refractivity contribution in [3.63, 3.8) is 0 Å². The van der Waals surface area contributed by atoms with Crippen LogP contribution in [0.1, 0.15) is 28.9 Å². The maximum absolute atomic E-state index is 13.0. The normalized spacial score (nSPS) is 15.1. The van der Waals surface area contributed by atoms with Crippen molar-refractivity contribution in [2.75, 3.05) is 20.1 Å². The molecular weight excluding hydrogens is 416 g/mol. The van der Waals surface area contributed by atoms with Crippen LogP contribution in [-0.2, 0) is 13.5 Å². The number of nitrogens with zero attached hydrogens (tertiary/aromatic N) is 6. The summed E-state index contributed by atoms with van der Waals surface area (Å²) in [6.07, 6.45) is 11.2. The molecule has 4 aromatic rings. The molecule has 0 amide bonds. The minimum Gasteiger partial charge on any atom is -0.474 e. The molecule has 1 aliphatic rings. The lowest BCUT2D eigenvalue weighted by atomic mass is 10.1. The fourth-order valence-corrected chi connectivity index (χ4v) is 4.08. The van der Waals surface area contributed by atoms with Crippen molar-refractivity contribution in [1.82, 2.24) is 29.6 Å². The molecule has 0 spiro atoms. The zero-order valence-corrected chi connectivity index (χ0v) is 18.8. The number of pyridine rings is 3. The third-order valence-corrected chi connectivity index (χ3v) is 6.01. The summed E-state index contributed by atoms with van der Waals surface area (Å²) in [4.78, 5) is 28.6. The van der Waals surface area contributed by atoms with Crippen LogP contribution in [0.15, 0.2) is 55.2 Å². The van der Waals surface area contributed by atoms with Crippen molar-refractivity contribution in [2.24, 2.45) is 7.05 Å². The molecule has 1 aliphatic heterocycles. The molecule has 168 valence electrons. The summed E-state index contributed by atoms with van der Waals surface area (Å²) >= 11 is 0. The molecule has 5 rings (SSSR count). The van der Waals surface area contributed by atoms with E-state index in [-0.39, 0.29) is 18.3 Å². The molecule has 8 heteroatoms. The molecule has 33 heavy (non-hydrogen) atoms. The topological polar surface area (TPSA) is 86.0 Å². The molecule has 0 saturated carbocycles. The largest absolute Gasteiger partial charge is 0.474 e. The number of carbonyl (C=O) groups is 1. The summed E-state index contributed by atoms with van der Waals surface area (Å²) in [5, 5.41) is 6.13. The van der Waals surface area contributed by atoms with Gasteiger partial charge in [0.05, 0.1) is 18.3 Å². The Bertz CT molecular complexity index is 1290. The summed E-state index contributed by atoms with van der Waals surface area (Å²) in [7, 11) is 3.99. The van der Waals surface area contributed by atoms with E-state index in [1.807, 2.05) is 25.4 Å². The maximum atomic E-state index is 13.0. The minimum absolute atomic E-state index is 0.0148. The van der Waals surface area contributed by atoms with Gasteiger partial charge in [-0.05, 0) is 43.5 Å². The van der Waals surface area contributed by atoms with Crippen molar-refractivity contribution in [1.29, 1.82) is 0 Å². The molecule has 0 unspecified atom stereocenters. The fraction of sp³-hybridized carbons (Fsp3) is 0.320. The molecule has 0 aromatic carbocycles. The average molecular weight is 443 g/mol. The van der Waals surface area contributed by atoms with Crippen molar-refractivity contribution in [3.8, 4) is 17.1 Å². The van der Waals surface area contributed by atoms with E-state index in [0.29, 0.717) is 17.1 Å². The average Bonchev–Trinajstić information content (AvgIpc) is 3.26. The second-order valence-corrected chi connectivity index (χ2v) is 8.60. The van der Waals surface area contributed by atoms with E-state index in [1.165, 1.54) is 0 Å². The van der Waals surface area contributed by atoms with Gasteiger partial charge in [0, 0.05) is 73.2 Å². The van der Waals surface area contributed by atoms with Gasteiger partial charge in [-0.3, -0.25) is 19.4 Å². The third-order valence-electron chi connectivity index (χ3n) is 6.01. The van der Waals surface area contributed by atoms with E-state index >= 15 is 0 Å². The van der Waals surface area contributed by atoms with Gasteiger partial charge < -0.3 is 9.64 Å². The quantitative estimate of drug-likeness (QED) is 0.423. The highest BCUT2D eigenvalue weighted by Gasteiger charge is 2.19. The smallest absolute Gasteiger partial charge is 0.214 e. The van der Waals surface area contributed by atoms with Crippen molar-refractivity contribution in [3.05, 3.63) is 66.5 Å². The Labute approximate surface area is 192 Å². The Kier molecular flexibility index (Phi) is 5.83. The van der Waals surface area contributed by atoms with E-state index in [9.17, 15) is 4.79 Å². The molecule has 5 heterocycles. The van der Waals surface area contributed by atoms with Crippen LogP contribution in [-0.4, -0.2) is 61.7 Å². The highest BCUT2D eigenvalue weighted by molar-refractivity contribution is 5.98. The molecule has 1 fully saturated rings. The van der Waals surface area contributed by atoms with Crippen LogP contribution < -0.4 is 4.74 Å². The lowest BCUT2D eigenvalue weighted by molar-refractivity contribution is 0.0985. The van der Waals surface area contributed by atoms with E-state index in [2.05, 4.69) is 32.0 Å². The standard InChI is InChI=1S/C25H26N6O2/c1-30-7-4-22(5-8-30)33-25-11-17(3-6-26-25)24(32)12-21-9-18-10-23(20-15-29-31(2)16-20)28-14-19(18)13-27-21/h3,6,9-11,13-16,22H,4-5,7-8,12H2,1-2H3. The Morgan fingerprint density at radius 2 is 1.85 bits per heavy atom. The Morgan fingerprint density at radius 1 is 1.03 bits per heavy atom. The first-order valence-corrected chi connectivity index (χ1v) is 11.1. The highest BCUT2D eigenvalue weighted by Crippen LogP contribution is 2.23. The Hall–Kier alpha value is -3.65. The van der Waals surface area contributed by atoms with Gasteiger partial charge in [-0.15, -0.1) is 0 Å². The molecule has 0 atom stereocenters. The number of aromatic nitrogens is 5. The van der Waals surface area contributed by atoms with Crippen LogP contribution in [0.2, 0.25) is 0 Å². The Balaban J connectivity index is 1.31. The molecule has 0 bridgehead atoms. The number of ether oxygens (including phenoxy) is 1. The van der Waals surface area contributed by atoms with Gasteiger partial charge in [-0.25, -0.2) is 4.98 Å². The predicted molar refractivity (Wildman–Crippen MR) is 125 cm³/mol. The highest BCUT2D eigenvalue weighted by atomic mass is 16.5. The second kappa shape index (κ2) is 9.07. The van der Waals surface area contributed by atoms with Crippen LogP contribution >= 0.6 is 0 Å². The summed E-state index contributed by atoms with van der Waals surface area (Å²) in [5.74, 6) is 0.494. The zero-order chi connectivity index (χ0) is 22.8. The van der Waals surface area contributed by atoms with Crippen LogP contribution in [0, 0.1) is 0 Å². The van der Waals surface area contributed by atoms with Crippen LogP contribution in [0.25, 0.3) is 22.0 Å². The second-order valence-electron chi connectivity index (χ2n) is 8.60. The maximum Gasteiger partial charge on any atom is 0.214 e. The van der Waals surface area contributed by atoms with E-state index in [0.717, 1.165) is 48.0 Å². The number of piperidine rings is 1. The van der Waals surface area contributed by atoms with Gasteiger partial charge in [0.1, 0.15) is 6.10 Å². The third kappa shape index (κ3) is 4.90. The summed E-state index contributed by atoms with van der Waals surface area (Å²) in [6.45, 7) is 2.02. The van der Waals surface area contributed by atoms with Gasteiger partial charge in [-0.2, -0.15) is 5.10 Å². The van der Waals surface area contributed by atoms with Crippen molar-refractivity contribution < 1.29 is 9.53 Å². The number of likely N-dealkylation sites (tertiary alicyclic amines) is 1. The Morgan fingerprint density at radius 3 is 2.64 bits per heavy atom. The number of ketones is 1. The first-order chi connectivity index (χ1) is 16.0. The van der Waals surface area contributed by atoms with Crippen molar-refractivity contribution in [2.45, 2.75) is 25.4 Å². The lowest BCUT2D eigenvalue weighted by Crippen LogP contribution is -2.35. The monoisotopic (exact) mass is 442 g/mol. The SMILES string of the molecule is CN1CCC(Oc2cc(C(=O)Cc3cc4cc(-c5cnn(C)c5)ncc4cn3)ccn2)CC1. The molecule has 1 saturated heterocycles. The number of hydrogen-bond acceptors (Lipinski definition) is 7. The van der Waals surface area contributed by atoms with E-state index in [1.54, 1.807) is 41.6 Å². The first kappa shape index (κ1) is 21.2. The fourth-order valence-electron chi connectivity index (χ4n) is 4.08. The van der Waals surface area contributed by atoms with E-state index < -0.39 is 0 Å². The molecule has 0 N–H and O–H groups in total.